The van der Waals surface area contributed by atoms with Crippen molar-refractivity contribution in [2.45, 2.75) is 13.5 Å². The molecule has 0 saturated heterocycles. The van der Waals surface area contributed by atoms with Crippen molar-refractivity contribution in [1.29, 1.82) is 0 Å². The molecule has 2 N–H and O–H groups in total. The predicted molar refractivity (Wildman–Crippen MR) is 55.9 cm³/mol. The summed E-state index contributed by atoms with van der Waals surface area (Å²) in [6, 6.07) is 4.06. The van der Waals surface area contributed by atoms with Crippen molar-refractivity contribution >= 4 is 5.91 Å². The lowest BCUT2D eigenvalue weighted by Gasteiger charge is -2.06. The summed E-state index contributed by atoms with van der Waals surface area (Å²) >= 11 is 0. The number of amides is 1. The Labute approximate surface area is 84.3 Å². The van der Waals surface area contributed by atoms with Crippen LogP contribution in [0.25, 0.3) is 0 Å². The topological polar surface area (TPSA) is 46.1 Å². The number of rotatable bonds is 4. The summed E-state index contributed by atoms with van der Waals surface area (Å²) in [6.45, 7) is 2.99. The molecule has 4 nitrogen and oxygen atoms in total. The fourth-order valence-corrected chi connectivity index (χ4v) is 1.26. The summed E-state index contributed by atoms with van der Waals surface area (Å²) in [5, 5.41) is 5.64. The van der Waals surface area contributed by atoms with Gasteiger partial charge in [-0.25, -0.2) is 0 Å². The molecule has 0 radical (unpaired) electrons. The summed E-state index contributed by atoms with van der Waals surface area (Å²) < 4.78 is 2.07. The maximum Gasteiger partial charge on any atom is 0.234 e. The normalized spacial score (nSPS) is 10.2. The van der Waals surface area contributed by atoms with Crippen molar-refractivity contribution < 1.29 is 4.79 Å². The predicted octanol–water partition coefficient (Wildman–Crippen LogP) is 0.169. The monoisotopic (exact) mass is 195 g/mol. The van der Waals surface area contributed by atoms with Crippen molar-refractivity contribution in [3.05, 3.63) is 23.5 Å². The van der Waals surface area contributed by atoms with Crippen molar-refractivity contribution in [3.8, 4) is 0 Å². The third-order valence-electron chi connectivity index (χ3n) is 2.28. The third-order valence-corrected chi connectivity index (χ3v) is 2.28. The number of carbonyl (C=O) groups excluding carboxylic acids is 1. The average Bonchev–Trinajstić information content (AvgIpc) is 2.46. The van der Waals surface area contributed by atoms with Crippen molar-refractivity contribution in [2.75, 3.05) is 13.6 Å². The minimum Gasteiger partial charge on any atom is -0.350 e. The highest BCUT2D eigenvalue weighted by Gasteiger charge is 2.02. The SMILES string of the molecule is CNCC(=O)NCc1ccc(C)n1C. The molecule has 1 amide bonds. The van der Waals surface area contributed by atoms with Gasteiger partial charge in [-0.1, -0.05) is 0 Å². The maximum atomic E-state index is 11.2. The molecule has 1 aromatic heterocycles. The number of hydrogen-bond acceptors (Lipinski definition) is 2. The summed E-state index contributed by atoms with van der Waals surface area (Å²) in [6.07, 6.45) is 0. The third kappa shape index (κ3) is 2.60. The molecule has 1 heterocycles. The van der Waals surface area contributed by atoms with Gasteiger partial charge in [0, 0.05) is 18.4 Å². The van der Waals surface area contributed by atoms with E-state index in [9.17, 15) is 4.79 Å². The maximum absolute atomic E-state index is 11.2. The van der Waals surface area contributed by atoms with E-state index in [1.807, 2.05) is 26.1 Å². The Morgan fingerprint density at radius 1 is 1.50 bits per heavy atom. The lowest BCUT2D eigenvalue weighted by molar-refractivity contribution is -0.120. The molecule has 0 fully saturated rings. The number of nitrogens with one attached hydrogen (secondary N) is 2. The van der Waals surface area contributed by atoms with Crippen LogP contribution in [0.4, 0.5) is 0 Å². The van der Waals surface area contributed by atoms with Crippen molar-refractivity contribution in [2.24, 2.45) is 7.05 Å². The van der Waals surface area contributed by atoms with Crippen LogP contribution in [-0.4, -0.2) is 24.1 Å². The molecule has 0 aromatic carbocycles. The van der Waals surface area contributed by atoms with Crippen LogP contribution in [0.1, 0.15) is 11.4 Å². The van der Waals surface area contributed by atoms with Gasteiger partial charge in [0.15, 0.2) is 0 Å². The molecule has 0 spiro atoms. The molecule has 78 valence electrons. The number of carbonyl (C=O) groups is 1. The average molecular weight is 195 g/mol. The number of aryl methyl sites for hydroxylation is 1. The molecule has 4 heteroatoms. The first-order chi connectivity index (χ1) is 6.65. The summed E-state index contributed by atoms with van der Waals surface area (Å²) in [4.78, 5) is 11.2. The van der Waals surface area contributed by atoms with Gasteiger partial charge in [-0.15, -0.1) is 0 Å². The second kappa shape index (κ2) is 4.81. The lowest BCUT2D eigenvalue weighted by atomic mass is 10.4. The second-order valence-corrected chi connectivity index (χ2v) is 3.33. The fraction of sp³-hybridized carbons (Fsp3) is 0.500. The van der Waals surface area contributed by atoms with E-state index in [0.717, 1.165) is 5.69 Å². The molecule has 0 bridgehead atoms. The molecular weight excluding hydrogens is 178 g/mol. The number of likely N-dealkylation sites (N-methyl/N-ethyl adjacent to an activating group) is 1. The van der Waals surface area contributed by atoms with Crippen LogP contribution < -0.4 is 10.6 Å². The zero-order valence-electron chi connectivity index (χ0n) is 8.92. The largest absolute Gasteiger partial charge is 0.350 e. The second-order valence-electron chi connectivity index (χ2n) is 3.33. The van der Waals surface area contributed by atoms with Crippen LogP contribution in [0.2, 0.25) is 0 Å². The first-order valence-electron chi connectivity index (χ1n) is 4.67. The zero-order chi connectivity index (χ0) is 10.6. The summed E-state index contributed by atoms with van der Waals surface area (Å²) in [5.41, 5.74) is 2.31. The zero-order valence-corrected chi connectivity index (χ0v) is 8.92. The Morgan fingerprint density at radius 2 is 2.21 bits per heavy atom. The smallest absolute Gasteiger partial charge is 0.234 e. The Kier molecular flexibility index (Phi) is 3.71. The van der Waals surface area contributed by atoms with Gasteiger partial charge in [0.05, 0.1) is 13.1 Å². The molecule has 0 saturated carbocycles. The van der Waals surface area contributed by atoms with E-state index in [-0.39, 0.29) is 5.91 Å². The van der Waals surface area contributed by atoms with Crippen LogP contribution in [0.5, 0.6) is 0 Å². The highest BCUT2D eigenvalue weighted by Crippen LogP contribution is 2.04. The molecule has 0 aliphatic rings. The quantitative estimate of drug-likeness (QED) is 0.719. The van der Waals surface area contributed by atoms with Gasteiger partial charge >= 0.3 is 0 Å². The standard InChI is InChI=1S/C10H17N3O/c1-8-4-5-9(13(8)3)6-12-10(14)7-11-2/h4-5,11H,6-7H2,1-3H3,(H,12,14). The lowest BCUT2D eigenvalue weighted by Crippen LogP contribution is -2.32. The highest BCUT2D eigenvalue weighted by atomic mass is 16.1. The highest BCUT2D eigenvalue weighted by molar-refractivity contribution is 5.77. The van der Waals surface area contributed by atoms with E-state index in [1.54, 1.807) is 7.05 Å². The van der Waals surface area contributed by atoms with Crippen LogP contribution in [0.15, 0.2) is 12.1 Å². The van der Waals surface area contributed by atoms with Gasteiger partial charge in [0.2, 0.25) is 5.91 Å². The molecule has 1 rings (SSSR count). The molecule has 0 aliphatic heterocycles. The van der Waals surface area contributed by atoms with Gasteiger partial charge in [0.1, 0.15) is 0 Å². The Morgan fingerprint density at radius 3 is 2.71 bits per heavy atom. The number of aromatic nitrogens is 1. The molecule has 0 atom stereocenters. The van der Waals surface area contributed by atoms with Crippen LogP contribution in [0.3, 0.4) is 0 Å². The van der Waals surface area contributed by atoms with Crippen LogP contribution in [0, 0.1) is 6.92 Å². The van der Waals surface area contributed by atoms with Gasteiger partial charge in [-0.3, -0.25) is 4.79 Å². The first kappa shape index (κ1) is 10.8. The Hall–Kier alpha value is -1.29. The van der Waals surface area contributed by atoms with Gasteiger partial charge < -0.3 is 15.2 Å². The fourth-order valence-electron chi connectivity index (χ4n) is 1.26. The van der Waals surface area contributed by atoms with Crippen molar-refractivity contribution in [1.82, 2.24) is 15.2 Å². The first-order valence-corrected chi connectivity index (χ1v) is 4.67. The van der Waals surface area contributed by atoms with Crippen LogP contribution >= 0.6 is 0 Å². The molecule has 14 heavy (non-hydrogen) atoms. The Balaban J connectivity index is 2.46. The van der Waals surface area contributed by atoms with Crippen molar-refractivity contribution in [3.63, 3.8) is 0 Å². The van der Waals surface area contributed by atoms with E-state index < -0.39 is 0 Å². The van der Waals surface area contributed by atoms with Gasteiger partial charge in [-0.05, 0) is 26.1 Å². The molecule has 0 unspecified atom stereocenters. The Bertz CT molecular complexity index is 317. The van der Waals surface area contributed by atoms with E-state index in [1.165, 1.54) is 5.69 Å². The summed E-state index contributed by atoms with van der Waals surface area (Å²) in [7, 11) is 3.75. The molecule has 0 aliphatic carbocycles. The molecular formula is C10H17N3O. The van der Waals surface area contributed by atoms with Crippen LogP contribution in [-0.2, 0) is 18.4 Å². The minimum absolute atomic E-state index is 0.0198. The van der Waals surface area contributed by atoms with E-state index in [4.69, 9.17) is 0 Å². The van der Waals surface area contributed by atoms with Gasteiger partial charge in [0.25, 0.3) is 0 Å². The minimum atomic E-state index is 0.0198. The van der Waals surface area contributed by atoms with E-state index >= 15 is 0 Å². The number of nitrogens with zero attached hydrogens (tertiary/aromatic N) is 1. The van der Waals surface area contributed by atoms with Gasteiger partial charge in [-0.2, -0.15) is 0 Å². The summed E-state index contributed by atoms with van der Waals surface area (Å²) in [5.74, 6) is 0.0198. The molecule has 1 aromatic rings. The van der Waals surface area contributed by atoms with E-state index in [2.05, 4.69) is 15.2 Å². The number of hydrogen-bond donors (Lipinski definition) is 2. The van der Waals surface area contributed by atoms with E-state index in [0.29, 0.717) is 13.1 Å².